The second-order valence-electron chi connectivity index (χ2n) is 6.98. The molecule has 0 aliphatic heterocycles. The standard InChI is InChI=1S/C23H21ClN2O5S/c1-31-21(29)13-26(23-25-19(14-32-23)17-9-5-6-10-18(17)24)22(30)16(12-20(27)28)11-15-7-3-2-4-8-15/h2-10,14,16H,11-13H2,1H3,(H,27,28). The van der Waals surface area contributed by atoms with E-state index in [1.165, 1.54) is 12.0 Å². The van der Waals surface area contributed by atoms with Crippen LogP contribution in [0.1, 0.15) is 12.0 Å². The van der Waals surface area contributed by atoms with Crippen LogP contribution >= 0.6 is 22.9 Å². The maximum atomic E-state index is 13.4. The van der Waals surface area contributed by atoms with Crippen molar-refractivity contribution < 1.29 is 24.2 Å². The number of nitrogens with zero attached hydrogens (tertiary/aromatic N) is 2. The van der Waals surface area contributed by atoms with Crippen LogP contribution in [0.3, 0.4) is 0 Å². The summed E-state index contributed by atoms with van der Waals surface area (Å²) < 4.78 is 4.75. The first kappa shape index (κ1) is 23.4. The molecule has 0 radical (unpaired) electrons. The van der Waals surface area contributed by atoms with Crippen LogP contribution < -0.4 is 4.90 Å². The van der Waals surface area contributed by atoms with E-state index in [9.17, 15) is 19.5 Å². The molecule has 0 fully saturated rings. The number of methoxy groups -OCH3 is 1. The fraction of sp³-hybridized carbons (Fsp3) is 0.217. The number of esters is 1. The molecule has 0 aliphatic carbocycles. The minimum atomic E-state index is -1.10. The van der Waals surface area contributed by atoms with Gasteiger partial charge in [-0.15, -0.1) is 11.3 Å². The van der Waals surface area contributed by atoms with Gasteiger partial charge in [0.1, 0.15) is 6.54 Å². The van der Waals surface area contributed by atoms with Gasteiger partial charge in [-0.1, -0.05) is 60.1 Å². The van der Waals surface area contributed by atoms with E-state index >= 15 is 0 Å². The summed E-state index contributed by atoms with van der Waals surface area (Å²) in [5, 5.41) is 11.9. The number of ether oxygens (including phenoxy) is 1. The lowest BCUT2D eigenvalue weighted by atomic mass is 9.95. The third kappa shape index (κ3) is 5.93. The number of carbonyl (C=O) groups excluding carboxylic acids is 2. The van der Waals surface area contributed by atoms with Crippen LogP contribution in [-0.2, 0) is 25.5 Å². The Kier molecular flexibility index (Phi) is 7.97. The molecule has 7 nitrogen and oxygen atoms in total. The number of aliphatic carboxylic acids is 1. The van der Waals surface area contributed by atoms with Crippen LogP contribution in [0.5, 0.6) is 0 Å². The van der Waals surface area contributed by atoms with E-state index in [-0.39, 0.29) is 24.5 Å². The molecule has 1 amide bonds. The van der Waals surface area contributed by atoms with Gasteiger partial charge in [-0.05, 0) is 18.1 Å². The number of aromatic nitrogens is 1. The molecule has 3 aromatic rings. The highest BCUT2D eigenvalue weighted by molar-refractivity contribution is 7.14. The molecule has 1 heterocycles. The molecule has 1 unspecified atom stereocenters. The van der Waals surface area contributed by atoms with Gasteiger partial charge in [0, 0.05) is 16.0 Å². The smallest absolute Gasteiger partial charge is 0.325 e. The van der Waals surface area contributed by atoms with E-state index in [0.717, 1.165) is 16.9 Å². The summed E-state index contributed by atoms with van der Waals surface area (Å²) in [6.45, 7) is -0.379. The number of rotatable bonds is 9. The predicted octanol–water partition coefficient (Wildman–Crippen LogP) is 4.30. The molecule has 0 bridgehead atoms. The summed E-state index contributed by atoms with van der Waals surface area (Å²) in [4.78, 5) is 42.7. The summed E-state index contributed by atoms with van der Waals surface area (Å²) in [5.74, 6) is -3.14. The molecule has 1 aromatic heterocycles. The zero-order valence-electron chi connectivity index (χ0n) is 17.2. The van der Waals surface area contributed by atoms with Gasteiger partial charge >= 0.3 is 11.9 Å². The number of hydrogen-bond acceptors (Lipinski definition) is 6. The van der Waals surface area contributed by atoms with Gasteiger partial charge in [-0.3, -0.25) is 19.3 Å². The van der Waals surface area contributed by atoms with E-state index in [4.69, 9.17) is 16.3 Å². The van der Waals surface area contributed by atoms with Crippen LogP contribution in [0.15, 0.2) is 60.0 Å². The third-order valence-electron chi connectivity index (χ3n) is 4.75. The van der Waals surface area contributed by atoms with Crippen molar-refractivity contribution in [2.24, 2.45) is 5.92 Å². The Morgan fingerprint density at radius 1 is 1.12 bits per heavy atom. The van der Waals surface area contributed by atoms with Gasteiger partial charge in [0.2, 0.25) is 5.91 Å². The highest BCUT2D eigenvalue weighted by Crippen LogP contribution is 2.32. The summed E-state index contributed by atoms with van der Waals surface area (Å²) >= 11 is 7.42. The number of halogens is 1. The lowest BCUT2D eigenvalue weighted by molar-refractivity contribution is -0.141. The molecule has 0 saturated heterocycles. The van der Waals surface area contributed by atoms with Crippen LogP contribution in [-0.4, -0.2) is 41.6 Å². The Balaban J connectivity index is 1.94. The molecule has 2 aromatic carbocycles. The Bertz CT molecular complexity index is 1100. The molecule has 32 heavy (non-hydrogen) atoms. The summed E-state index contributed by atoms with van der Waals surface area (Å²) in [6.07, 6.45) is -0.166. The average Bonchev–Trinajstić information content (AvgIpc) is 3.26. The Labute approximate surface area is 194 Å². The van der Waals surface area contributed by atoms with Gasteiger partial charge in [-0.2, -0.15) is 0 Å². The van der Waals surface area contributed by atoms with Gasteiger partial charge in [0.15, 0.2) is 5.13 Å². The van der Waals surface area contributed by atoms with E-state index in [2.05, 4.69) is 4.98 Å². The van der Waals surface area contributed by atoms with Crippen LogP contribution in [0.25, 0.3) is 11.3 Å². The van der Waals surface area contributed by atoms with Gasteiger partial charge in [0.25, 0.3) is 0 Å². The quantitative estimate of drug-likeness (QED) is 0.466. The number of anilines is 1. The first-order valence-electron chi connectivity index (χ1n) is 9.73. The highest BCUT2D eigenvalue weighted by atomic mass is 35.5. The molecule has 0 saturated carbocycles. The number of benzene rings is 2. The lowest BCUT2D eigenvalue weighted by Crippen LogP contribution is -2.41. The highest BCUT2D eigenvalue weighted by Gasteiger charge is 2.31. The third-order valence-corrected chi connectivity index (χ3v) is 5.94. The lowest BCUT2D eigenvalue weighted by Gasteiger charge is -2.24. The molecule has 9 heteroatoms. The first-order valence-corrected chi connectivity index (χ1v) is 11.0. The fourth-order valence-corrected chi connectivity index (χ4v) is 4.25. The monoisotopic (exact) mass is 472 g/mol. The molecule has 0 aliphatic rings. The maximum Gasteiger partial charge on any atom is 0.325 e. The number of carbonyl (C=O) groups is 3. The van der Waals surface area contributed by atoms with Crippen molar-refractivity contribution in [1.82, 2.24) is 4.98 Å². The van der Waals surface area contributed by atoms with Gasteiger partial charge in [0.05, 0.1) is 25.1 Å². The Morgan fingerprint density at radius 2 is 1.81 bits per heavy atom. The van der Waals surface area contributed by atoms with Crippen LogP contribution in [0.4, 0.5) is 5.13 Å². The van der Waals surface area contributed by atoms with E-state index in [0.29, 0.717) is 16.3 Å². The van der Waals surface area contributed by atoms with Crippen LogP contribution in [0, 0.1) is 5.92 Å². The van der Waals surface area contributed by atoms with Gasteiger partial charge < -0.3 is 9.84 Å². The average molecular weight is 473 g/mol. The number of hydrogen-bond donors (Lipinski definition) is 1. The molecule has 1 atom stereocenters. The molecule has 166 valence electrons. The van der Waals surface area contributed by atoms with Crippen molar-refractivity contribution in [3.63, 3.8) is 0 Å². The van der Waals surface area contributed by atoms with Crippen molar-refractivity contribution >= 4 is 45.9 Å². The molecular formula is C23H21ClN2O5S. The SMILES string of the molecule is COC(=O)CN(C(=O)C(CC(=O)O)Cc1ccccc1)c1nc(-c2ccccc2Cl)cs1. The Morgan fingerprint density at radius 3 is 2.47 bits per heavy atom. The van der Waals surface area contributed by atoms with Crippen molar-refractivity contribution in [2.75, 3.05) is 18.6 Å². The zero-order valence-corrected chi connectivity index (χ0v) is 18.8. The minimum Gasteiger partial charge on any atom is -0.481 e. The topological polar surface area (TPSA) is 96.8 Å². The molecule has 1 N–H and O–H groups in total. The van der Waals surface area contributed by atoms with Crippen molar-refractivity contribution in [3.05, 3.63) is 70.6 Å². The second-order valence-corrected chi connectivity index (χ2v) is 8.22. The van der Waals surface area contributed by atoms with Crippen molar-refractivity contribution in [3.8, 4) is 11.3 Å². The summed E-state index contributed by atoms with van der Waals surface area (Å²) in [6, 6.07) is 16.3. The molecular weight excluding hydrogens is 452 g/mol. The van der Waals surface area contributed by atoms with E-state index in [1.54, 1.807) is 23.6 Å². The van der Waals surface area contributed by atoms with E-state index < -0.39 is 23.8 Å². The zero-order chi connectivity index (χ0) is 23.1. The number of amides is 1. The largest absolute Gasteiger partial charge is 0.481 e. The van der Waals surface area contributed by atoms with Crippen molar-refractivity contribution in [2.45, 2.75) is 12.8 Å². The van der Waals surface area contributed by atoms with Crippen molar-refractivity contribution in [1.29, 1.82) is 0 Å². The summed E-state index contributed by atoms with van der Waals surface area (Å²) in [7, 11) is 1.22. The van der Waals surface area contributed by atoms with E-state index in [1.807, 2.05) is 36.4 Å². The molecule has 3 rings (SSSR count). The second kappa shape index (κ2) is 10.9. The number of carboxylic acids is 1. The summed E-state index contributed by atoms with van der Waals surface area (Å²) in [5.41, 5.74) is 2.06. The minimum absolute atomic E-state index is 0.215. The first-order chi connectivity index (χ1) is 15.4. The number of thiazole rings is 1. The Hall–Kier alpha value is -3.23. The normalized spacial score (nSPS) is 11.6. The number of carboxylic acid groups (broad SMARTS) is 1. The fourth-order valence-electron chi connectivity index (χ4n) is 3.19. The molecule has 0 spiro atoms. The maximum absolute atomic E-state index is 13.4. The van der Waals surface area contributed by atoms with Gasteiger partial charge in [-0.25, -0.2) is 4.98 Å². The van der Waals surface area contributed by atoms with Crippen LogP contribution in [0.2, 0.25) is 5.02 Å². The predicted molar refractivity (Wildman–Crippen MR) is 123 cm³/mol.